The quantitative estimate of drug-likeness (QED) is 0.498. The maximum Gasteiger partial charge on any atom is 0.332 e. The first kappa shape index (κ1) is 18.5. The van der Waals surface area contributed by atoms with E-state index in [9.17, 15) is 9.59 Å². The third-order valence-corrected chi connectivity index (χ3v) is 5.72. The lowest BCUT2D eigenvalue weighted by atomic mass is 10.2. The lowest BCUT2D eigenvalue weighted by molar-refractivity contribution is 0.695. The third kappa shape index (κ3) is 3.04. The van der Waals surface area contributed by atoms with Gasteiger partial charge in [0.25, 0.3) is 5.56 Å². The van der Waals surface area contributed by atoms with Crippen molar-refractivity contribution in [2.24, 2.45) is 21.1 Å². The van der Waals surface area contributed by atoms with Crippen LogP contribution in [0.4, 0.5) is 0 Å². The molecule has 4 rings (SSSR count). The van der Waals surface area contributed by atoms with Crippen molar-refractivity contribution in [3.63, 3.8) is 0 Å². The van der Waals surface area contributed by atoms with E-state index in [0.717, 1.165) is 10.1 Å². The van der Waals surface area contributed by atoms with E-state index in [1.807, 2.05) is 19.2 Å². The third-order valence-electron chi connectivity index (χ3n) is 4.42. The molecule has 0 N–H and O–H groups in total. The van der Waals surface area contributed by atoms with Gasteiger partial charge in [0, 0.05) is 26.2 Å². The fourth-order valence-corrected chi connectivity index (χ4v) is 3.84. The molecule has 0 unspecified atom stereocenters. The second-order valence-electron chi connectivity index (χ2n) is 6.31. The predicted molar refractivity (Wildman–Crippen MR) is 106 cm³/mol. The van der Waals surface area contributed by atoms with Gasteiger partial charge in [-0.25, -0.2) is 9.78 Å². The van der Waals surface area contributed by atoms with Gasteiger partial charge in [0.15, 0.2) is 21.5 Å². The Kier molecular flexibility index (Phi) is 4.60. The molecule has 28 heavy (non-hydrogen) atoms. The molecule has 3 heterocycles. The van der Waals surface area contributed by atoms with Gasteiger partial charge in [-0.3, -0.25) is 13.9 Å². The fourth-order valence-electron chi connectivity index (χ4n) is 2.87. The van der Waals surface area contributed by atoms with Crippen molar-refractivity contribution in [1.82, 2.24) is 33.4 Å². The van der Waals surface area contributed by atoms with Crippen LogP contribution in [-0.2, 0) is 27.7 Å². The number of benzene rings is 1. The molecular formula is C17H16ClN7O2S. The van der Waals surface area contributed by atoms with Crippen LogP contribution in [0.15, 0.2) is 50.5 Å². The molecule has 11 heteroatoms. The number of nitrogens with zero attached hydrogens (tertiary/aromatic N) is 7. The molecule has 1 aromatic carbocycles. The molecule has 0 aliphatic rings. The Balaban J connectivity index is 1.96. The van der Waals surface area contributed by atoms with Crippen LogP contribution >= 0.6 is 23.4 Å². The Bertz CT molecular complexity index is 1300. The first-order valence-electron chi connectivity index (χ1n) is 8.29. The summed E-state index contributed by atoms with van der Waals surface area (Å²) in [6, 6.07) is 7.35. The maximum absolute atomic E-state index is 12.9. The Labute approximate surface area is 168 Å². The van der Waals surface area contributed by atoms with Crippen LogP contribution < -0.4 is 11.2 Å². The topological polar surface area (TPSA) is 92.5 Å². The lowest BCUT2D eigenvalue weighted by Crippen LogP contribution is -2.37. The average Bonchev–Trinajstić information content (AvgIpc) is 3.24. The number of fused-ring (bicyclic) bond motifs is 1. The van der Waals surface area contributed by atoms with Crippen LogP contribution in [0.3, 0.4) is 0 Å². The minimum atomic E-state index is -0.427. The predicted octanol–water partition coefficient (Wildman–Crippen LogP) is 1.42. The molecule has 144 valence electrons. The zero-order chi connectivity index (χ0) is 20.0. The highest BCUT2D eigenvalue weighted by Crippen LogP contribution is 2.28. The Morgan fingerprint density at radius 3 is 2.39 bits per heavy atom. The summed E-state index contributed by atoms with van der Waals surface area (Å²) in [6.07, 6.45) is 1.59. The van der Waals surface area contributed by atoms with Crippen molar-refractivity contribution < 1.29 is 0 Å². The zero-order valence-electron chi connectivity index (χ0n) is 15.3. The largest absolute Gasteiger partial charge is 0.332 e. The van der Waals surface area contributed by atoms with Gasteiger partial charge in [-0.15, -0.1) is 10.2 Å². The summed E-state index contributed by atoms with van der Waals surface area (Å²) < 4.78 is 6.00. The smallest absolute Gasteiger partial charge is 0.311 e. The van der Waals surface area contributed by atoms with E-state index in [0.29, 0.717) is 33.0 Å². The van der Waals surface area contributed by atoms with Crippen LogP contribution in [0.5, 0.6) is 0 Å². The summed E-state index contributed by atoms with van der Waals surface area (Å²) in [4.78, 5) is 29.8. The molecule has 0 aliphatic heterocycles. The van der Waals surface area contributed by atoms with E-state index in [2.05, 4.69) is 15.2 Å². The van der Waals surface area contributed by atoms with E-state index < -0.39 is 11.2 Å². The van der Waals surface area contributed by atoms with E-state index >= 15 is 0 Å². The van der Waals surface area contributed by atoms with Gasteiger partial charge < -0.3 is 9.13 Å². The number of aryl methyl sites for hydroxylation is 2. The molecule has 0 atom stereocenters. The SMILES string of the molecule is Cn1cnnc1Sc1nc2c(c(=O)n(C)c(=O)n2C)n1Cc1ccc(Cl)cc1. The van der Waals surface area contributed by atoms with Gasteiger partial charge in [0.05, 0.1) is 6.54 Å². The molecule has 0 amide bonds. The zero-order valence-corrected chi connectivity index (χ0v) is 16.9. The average molecular weight is 418 g/mol. The summed E-state index contributed by atoms with van der Waals surface area (Å²) in [6.45, 7) is 0.390. The van der Waals surface area contributed by atoms with Crippen molar-refractivity contribution in [3.8, 4) is 0 Å². The van der Waals surface area contributed by atoms with Crippen molar-refractivity contribution in [2.45, 2.75) is 16.9 Å². The number of aromatic nitrogens is 7. The van der Waals surface area contributed by atoms with E-state index in [1.165, 1.54) is 23.4 Å². The first-order valence-corrected chi connectivity index (χ1v) is 9.49. The monoisotopic (exact) mass is 417 g/mol. The van der Waals surface area contributed by atoms with Gasteiger partial charge in [-0.1, -0.05) is 23.7 Å². The molecule has 0 aliphatic carbocycles. The van der Waals surface area contributed by atoms with Crippen molar-refractivity contribution >= 4 is 34.5 Å². The fraction of sp³-hybridized carbons (Fsp3) is 0.235. The second-order valence-corrected chi connectivity index (χ2v) is 7.68. The number of hydrogen-bond acceptors (Lipinski definition) is 6. The van der Waals surface area contributed by atoms with E-state index in [1.54, 1.807) is 34.6 Å². The summed E-state index contributed by atoms with van der Waals surface area (Å²) in [7, 11) is 4.88. The molecule has 0 saturated heterocycles. The number of imidazole rings is 1. The molecule has 0 spiro atoms. The van der Waals surface area contributed by atoms with E-state index in [4.69, 9.17) is 11.6 Å². The summed E-state index contributed by atoms with van der Waals surface area (Å²) in [5.41, 5.74) is 0.795. The molecule has 0 radical (unpaired) electrons. The van der Waals surface area contributed by atoms with Crippen LogP contribution in [0, 0.1) is 0 Å². The van der Waals surface area contributed by atoms with Crippen LogP contribution in [0.25, 0.3) is 11.2 Å². The second kappa shape index (κ2) is 6.95. The first-order chi connectivity index (χ1) is 13.4. The highest BCUT2D eigenvalue weighted by Gasteiger charge is 2.21. The molecular weight excluding hydrogens is 402 g/mol. The molecule has 9 nitrogen and oxygen atoms in total. The molecule has 4 aromatic rings. The maximum atomic E-state index is 12.9. The molecule has 0 bridgehead atoms. The van der Waals surface area contributed by atoms with Crippen LogP contribution in [-0.4, -0.2) is 33.4 Å². The van der Waals surface area contributed by atoms with Crippen molar-refractivity contribution in [1.29, 1.82) is 0 Å². The summed E-state index contributed by atoms with van der Waals surface area (Å²) in [5, 5.41) is 9.74. The van der Waals surface area contributed by atoms with Gasteiger partial charge in [-0.05, 0) is 29.5 Å². The van der Waals surface area contributed by atoms with Crippen LogP contribution in [0.1, 0.15) is 5.56 Å². The Morgan fingerprint density at radius 1 is 1.04 bits per heavy atom. The minimum Gasteiger partial charge on any atom is -0.311 e. The minimum absolute atomic E-state index is 0.326. The number of rotatable bonds is 4. The van der Waals surface area contributed by atoms with Crippen molar-refractivity contribution in [2.75, 3.05) is 0 Å². The number of hydrogen-bond donors (Lipinski definition) is 0. The normalized spacial score (nSPS) is 11.4. The van der Waals surface area contributed by atoms with Crippen LogP contribution in [0.2, 0.25) is 5.02 Å². The Morgan fingerprint density at radius 2 is 1.75 bits per heavy atom. The molecule has 0 saturated carbocycles. The molecule has 0 fully saturated rings. The summed E-state index contributed by atoms with van der Waals surface area (Å²) in [5.74, 6) is 0. The van der Waals surface area contributed by atoms with Crippen molar-refractivity contribution in [3.05, 3.63) is 62.0 Å². The number of halogens is 1. The van der Waals surface area contributed by atoms with Gasteiger partial charge in [0.2, 0.25) is 0 Å². The standard InChI is InChI=1S/C17H16ClN7O2S/c1-22-9-19-21-16(22)28-15-20-13-12(14(26)24(3)17(27)23(13)2)25(15)8-10-4-6-11(18)7-5-10/h4-7,9H,8H2,1-3H3. The highest BCUT2D eigenvalue weighted by atomic mass is 35.5. The van der Waals surface area contributed by atoms with Gasteiger partial charge >= 0.3 is 5.69 Å². The highest BCUT2D eigenvalue weighted by molar-refractivity contribution is 7.99. The Hall–Kier alpha value is -2.85. The van der Waals surface area contributed by atoms with Gasteiger partial charge in [0.1, 0.15) is 6.33 Å². The lowest BCUT2D eigenvalue weighted by Gasteiger charge is -2.09. The van der Waals surface area contributed by atoms with Gasteiger partial charge in [-0.2, -0.15) is 0 Å². The van der Waals surface area contributed by atoms with E-state index in [-0.39, 0.29) is 0 Å². The molecule has 3 aromatic heterocycles. The summed E-state index contributed by atoms with van der Waals surface area (Å²) >= 11 is 7.26.